The van der Waals surface area contributed by atoms with Crippen LogP contribution in [-0.4, -0.2) is 0 Å². The van der Waals surface area contributed by atoms with Crippen molar-refractivity contribution in [2.45, 2.75) is 0 Å². The third-order valence-electron chi connectivity index (χ3n) is 8.31. The number of furan rings is 1. The van der Waals surface area contributed by atoms with Gasteiger partial charge in [-0.1, -0.05) is 157 Å². The summed E-state index contributed by atoms with van der Waals surface area (Å²) in [7, 11) is 0. The first-order chi connectivity index (χ1) is 32.1. The van der Waals surface area contributed by atoms with Crippen molar-refractivity contribution in [3.8, 4) is 33.4 Å². The third kappa shape index (κ3) is 3.90. The lowest BCUT2D eigenvalue weighted by atomic mass is 9.84. The molecule has 1 heteroatoms. The minimum Gasteiger partial charge on any atom is -0.455 e. The summed E-state index contributed by atoms with van der Waals surface area (Å²) in [6, 6.07) is -4.39. The molecule has 0 bridgehead atoms. The number of rotatable bonds is 3. The summed E-state index contributed by atoms with van der Waals surface area (Å²) in [5.41, 5.74) is -2.63. The zero-order chi connectivity index (χ0) is 49.2. The van der Waals surface area contributed by atoms with Gasteiger partial charge in [0.15, 0.2) is 0 Å². The monoisotopic (exact) mass is 617 g/mol. The molecule has 1 aromatic heterocycles. The lowest BCUT2D eigenvalue weighted by molar-refractivity contribution is 0.670. The van der Waals surface area contributed by atoms with E-state index in [1.165, 1.54) is 0 Å². The van der Waals surface area contributed by atoms with Gasteiger partial charge >= 0.3 is 0 Å². The summed E-state index contributed by atoms with van der Waals surface area (Å²) >= 11 is 0. The first-order valence-electron chi connectivity index (χ1n) is 25.0. The predicted octanol–water partition coefficient (Wildman–Crippen LogP) is 13.2. The topological polar surface area (TPSA) is 13.1 Å². The summed E-state index contributed by atoms with van der Waals surface area (Å²) in [5, 5.41) is -2.62. The van der Waals surface area contributed by atoms with Crippen LogP contribution in [0.25, 0.3) is 98.4 Å². The van der Waals surface area contributed by atoms with Gasteiger partial charge in [0.25, 0.3) is 0 Å². The Labute approximate surface area is 301 Å². The highest BCUT2D eigenvalue weighted by Crippen LogP contribution is 2.46. The van der Waals surface area contributed by atoms with Gasteiger partial charge in [-0.2, -0.15) is 0 Å². The maximum atomic E-state index is 9.83. The van der Waals surface area contributed by atoms with E-state index >= 15 is 0 Å². The molecular weight excluding hydrogens is 569 g/mol. The van der Waals surface area contributed by atoms with E-state index < -0.39 is 187 Å². The molecule has 1 heterocycles. The Morgan fingerprint density at radius 3 is 1.81 bits per heavy atom. The average Bonchev–Trinajstić information content (AvgIpc) is 3.73. The van der Waals surface area contributed by atoms with Crippen LogP contribution in [0, 0.1) is 0 Å². The molecule has 47 heavy (non-hydrogen) atoms. The van der Waals surface area contributed by atoms with Crippen molar-refractivity contribution in [2.75, 3.05) is 0 Å². The maximum absolute atomic E-state index is 9.83. The highest BCUT2D eigenvalue weighted by atomic mass is 16.3. The van der Waals surface area contributed by atoms with E-state index in [4.69, 9.17) is 22.2 Å². The van der Waals surface area contributed by atoms with Gasteiger partial charge in [0.1, 0.15) is 11.2 Å². The van der Waals surface area contributed by atoms with Crippen LogP contribution in [0.4, 0.5) is 0 Å². The van der Waals surface area contributed by atoms with Gasteiger partial charge < -0.3 is 4.42 Å². The number of fused-ring (bicyclic) bond motifs is 7. The van der Waals surface area contributed by atoms with Crippen LogP contribution in [0.15, 0.2) is 174 Å². The van der Waals surface area contributed by atoms with Gasteiger partial charge in [-0.15, -0.1) is 0 Å². The first kappa shape index (κ1) is 12.9. The Balaban J connectivity index is 1.49. The van der Waals surface area contributed by atoms with Gasteiger partial charge in [-0.25, -0.2) is 0 Å². The smallest absolute Gasteiger partial charge is 0.143 e. The predicted molar refractivity (Wildman–Crippen MR) is 200 cm³/mol. The van der Waals surface area contributed by atoms with E-state index in [-0.39, 0.29) is 21.9 Å². The van der Waals surface area contributed by atoms with Crippen LogP contribution < -0.4 is 0 Å². The molecule has 0 aliphatic rings. The molecule has 0 unspecified atom stereocenters. The molecule has 0 aliphatic heterocycles. The third-order valence-corrected chi connectivity index (χ3v) is 8.31. The van der Waals surface area contributed by atoms with Crippen molar-refractivity contribution < 1.29 is 33.2 Å². The van der Waals surface area contributed by atoms with Gasteiger partial charge in [0, 0.05) is 16.3 Å². The van der Waals surface area contributed by atoms with E-state index in [0.29, 0.717) is 10.9 Å². The Hall–Kier alpha value is -6.18. The largest absolute Gasteiger partial charge is 0.455 e. The van der Waals surface area contributed by atoms with Crippen LogP contribution in [0.5, 0.6) is 0 Å². The second kappa shape index (κ2) is 10.2. The van der Waals surface area contributed by atoms with Crippen molar-refractivity contribution in [1.82, 2.24) is 0 Å². The molecule has 10 aromatic rings. The molecule has 218 valence electrons. The standard InChI is InChI=1S/C46H28O/c1-3-16-32-29(12-1)14-9-22-34(32)41-24-11-25-42-35-27-26-31(28-43(35)47-46(41)42)44-37-18-5-7-20-39(37)45(40-21-8-6-19-38(40)44)36-23-10-15-30-13-2-4-17-33(30)36/h1-28H/i2D,4D,5D,6D,7D,8D,10D,11D,13D,15D,17D,18D,19D,20D,21D,23D,24D,25D,26D,27D,28D. The highest BCUT2D eigenvalue weighted by molar-refractivity contribution is 6.24. The lowest BCUT2D eigenvalue weighted by Crippen LogP contribution is -1.91. The fourth-order valence-corrected chi connectivity index (χ4v) is 6.30. The fourth-order valence-electron chi connectivity index (χ4n) is 6.30. The molecule has 0 saturated carbocycles. The minimum atomic E-state index is -0.900. The molecular formula is C46H28O. The molecule has 1 nitrogen and oxygen atoms in total. The second-order valence-corrected chi connectivity index (χ2v) is 10.8. The van der Waals surface area contributed by atoms with Crippen molar-refractivity contribution in [3.05, 3.63) is 169 Å². The highest BCUT2D eigenvalue weighted by Gasteiger charge is 2.19. The Bertz CT molecular complexity index is 3950. The van der Waals surface area contributed by atoms with E-state index in [1.54, 1.807) is 30.3 Å². The van der Waals surface area contributed by atoms with Gasteiger partial charge in [0.05, 0.1) is 28.8 Å². The summed E-state index contributed by atoms with van der Waals surface area (Å²) in [6.07, 6.45) is 0. The van der Waals surface area contributed by atoms with Crippen LogP contribution in [0.1, 0.15) is 28.8 Å². The molecule has 0 saturated heterocycles. The van der Waals surface area contributed by atoms with Crippen molar-refractivity contribution in [2.24, 2.45) is 0 Å². The zero-order valence-corrected chi connectivity index (χ0v) is 23.9. The molecule has 0 aliphatic carbocycles. The van der Waals surface area contributed by atoms with E-state index in [0.717, 1.165) is 5.39 Å². The Morgan fingerprint density at radius 2 is 1.00 bits per heavy atom. The zero-order valence-electron chi connectivity index (χ0n) is 44.9. The first-order valence-corrected chi connectivity index (χ1v) is 14.5. The van der Waals surface area contributed by atoms with Crippen LogP contribution >= 0.6 is 0 Å². The molecule has 0 radical (unpaired) electrons. The number of para-hydroxylation sites is 1. The Morgan fingerprint density at radius 1 is 0.383 bits per heavy atom. The van der Waals surface area contributed by atoms with Crippen molar-refractivity contribution in [1.29, 1.82) is 0 Å². The molecule has 0 atom stereocenters. The molecule has 0 fully saturated rings. The number of hydrogen-bond donors (Lipinski definition) is 0. The molecule has 9 aromatic carbocycles. The van der Waals surface area contributed by atoms with E-state index in [9.17, 15) is 11.0 Å². The summed E-state index contributed by atoms with van der Waals surface area (Å²) < 4.78 is 197. The second-order valence-electron chi connectivity index (χ2n) is 10.8. The maximum Gasteiger partial charge on any atom is 0.143 e. The fraction of sp³-hybridized carbons (Fsp3) is 0. The normalized spacial score (nSPS) is 18.1. The van der Waals surface area contributed by atoms with Gasteiger partial charge in [-0.05, 0) is 83.0 Å². The summed E-state index contributed by atoms with van der Waals surface area (Å²) in [4.78, 5) is 0. The summed E-state index contributed by atoms with van der Waals surface area (Å²) in [6.45, 7) is 0. The van der Waals surface area contributed by atoms with Crippen molar-refractivity contribution in [3.63, 3.8) is 0 Å². The average molecular weight is 618 g/mol. The molecule has 0 N–H and O–H groups in total. The van der Waals surface area contributed by atoms with Gasteiger partial charge in [-0.3, -0.25) is 0 Å². The molecule has 0 amide bonds. The van der Waals surface area contributed by atoms with Crippen molar-refractivity contribution >= 4 is 65.0 Å². The van der Waals surface area contributed by atoms with E-state index in [2.05, 4.69) is 0 Å². The number of benzene rings is 9. The van der Waals surface area contributed by atoms with Crippen LogP contribution in [-0.2, 0) is 0 Å². The lowest BCUT2D eigenvalue weighted by Gasteiger charge is -2.18. The van der Waals surface area contributed by atoms with E-state index in [1.807, 2.05) is 12.1 Å². The SMILES string of the molecule is [2H]c1c([2H])c([2H])c2c(oc3c([2H])c(-c4c5c([2H])c([2H])c([2H])c([2H])c5c(-c5c([2H])c([2H])c([2H])c6c([2H])c([2H])c([2H])c([2H])c56)c5c([2H])c([2H])c([2H])c([2H])c45)c([2H])c([2H])c32)c1-c1cccc2ccccc12. The summed E-state index contributed by atoms with van der Waals surface area (Å²) in [5.74, 6) is 0. The quantitative estimate of drug-likeness (QED) is 0.180. The molecule has 10 rings (SSSR count). The molecule has 0 spiro atoms. The number of hydrogen-bond acceptors (Lipinski definition) is 1. The van der Waals surface area contributed by atoms with Crippen LogP contribution in [0.2, 0.25) is 0 Å². The van der Waals surface area contributed by atoms with Gasteiger partial charge in [0.2, 0.25) is 0 Å². The van der Waals surface area contributed by atoms with Crippen LogP contribution in [0.3, 0.4) is 0 Å². The minimum absolute atomic E-state index is 0.0354. The Kier molecular flexibility index (Phi) is 2.79.